The lowest BCUT2D eigenvalue weighted by Crippen LogP contribution is -2.47. The molecule has 0 bridgehead atoms. The topological polar surface area (TPSA) is 77.1 Å². The van der Waals surface area contributed by atoms with E-state index in [1.54, 1.807) is 12.0 Å². The fourth-order valence-corrected chi connectivity index (χ4v) is 3.06. The van der Waals surface area contributed by atoms with E-state index in [-0.39, 0.29) is 31.1 Å². The molecule has 0 aromatic heterocycles. The van der Waals surface area contributed by atoms with Gasteiger partial charge in [0.05, 0.1) is 13.0 Å². The minimum absolute atomic E-state index is 0.0433. The summed E-state index contributed by atoms with van der Waals surface area (Å²) in [5.74, 6) is 1.21. The average molecular weight is 334 g/mol. The summed E-state index contributed by atoms with van der Waals surface area (Å²) in [6.45, 7) is 1.74. The fourth-order valence-electron chi connectivity index (χ4n) is 3.06. The molecule has 1 atom stereocenters. The highest BCUT2D eigenvalue weighted by molar-refractivity contribution is 5.89. The number of nitrogens with zero attached hydrogens (tertiary/aromatic N) is 1. The predicted molar refractivity (Wildman–Crippen MR) is 85.9 cm³/mol. The van der Waals surface area contributed by atoms with E-state index in [4.69, 9.17) is 14.2 Å². The molecule has 0 spiro atoms. The van der Waals surface area contributed by atoms with Crippen LogP contribution in [0.5, 0.6) is 11.5 Å². The molecule has 0 saturated carbocycles. The average Bonchev–Trinajstić information content (AvgIpc) is 3.23. The molecule has 1 aromatic carbocycles. The van der Waals surface area contributed by atoms with E-state index in [1.807, 2.05) is 18.2 Å². The minimum Gasteiger partial charge on any atom is -0.454 e. The lowest BCUT2D eigenvalue weighted by molar-refractivity contribution is -0.138. The van der Waals surface area contributed by atoms with Crippen molar-refractivity contribution in [2.24, 2.45) is 0 Å². The summed E-state index contributed by atoms with van der Waals surface area (Å²) in [5.41, 5.74) is 0.856. The molecule has 0 radical (unpaired) electrons. The van der Waals surface area contributed by atoms with Gasteiger partial charge in [-0.15, -0.1) is 0 Å². The van der Waals surface area contributed by atoms with Gasteiger partial charge < -0.3 is 24.4 Å². The second-order valence-electron chi connectivity index (χ2n) is 5.89. The van der Waals surface area contributed by atoms with Crippen LogP contribution in [-0.2, 0) is 20.7 Å². The number of carbonyl (C=O) groups is 2. The smallest absolute Gasteiger partial charge is 0.242 e. The van der Waals surface area contributed by atoms with Crippen molar-refractivity contribution in [3.63, 3.8) is 0 Å². The number of likely N-dealkylation sites (tertiary alicyclic amines) is 1. The molecule has 0 aliphatic carbocycles. The van der Waals surface area contributed by atoms with Crippen LogP contribution in [0.4, 0.5) is 0 Å². The Morgan fingerprint density at radius 1 is 1.33 bits per heavy atom. The molecule has 2 heterocycles. The first kappa shape index (κ1) is 16.6. The summed E-state index contributed by atoms with van der Waals surface area (Å²) in [4.78, 5) is 26.5. The third kappa shape index (κ3) is 3.62. The second kappa shape index (κ2) is 7.53. The van der Waals surface area contributed by atoms with Crippen molar-refractivity contribution in [1.29, 1.82) is 0 Å². The molecule has 3 rings (SSSR count). The van der Waals surface area contributed by atoms with Crippen molar-refractivity contribution in [1.82, 2.24) is 10.2 Å². The van der Waals surface area contributed by atoms with Crippen molar-refractivity contribution in [3.8, 4) is 11.5 Å². The number of amides is 2. The minimum atomic E-state index is -0.386. The summed E-state index contributed by atoms with van der Waals surface area (Å²) in [6.07, 6.45) is 1.79. The molecule has 1 N–H and O–H groups in total. The molecule has 130 valence electrons. The van der Waals surface area contributed by atoms with Crippen LogP contribution in [0.1, 0.15) is 18.4 Å². The van der Waals surface area contributed by atoms with Gasteiger partial charge in [0.1, 0.15) is 6.04 Å². The monoisotopic (exact) mass is 334 g/mol. The molecule has 2 aliphatic rings. The number of rotatable bonds is 6. The van der Waals surface area contributed by atoms with Gasteiger partial charge in [0.25, 0.3) is 0 Å². The van der Waals surface area contributed by atoms with Crippen LogP contribution in [0, 0.1) is 0 Å². The molecular formula is C17H22N2O5. The third-order valence-corrected chi connectivity index (χ3v) is 4.27. The number of fused-ring (bicyclic) bond motifs is 1. The highest BCUT2D eigenvalue weighted by atomic mass is 16.7. The Morgan fingerprint density at radius 2 is 2.17 bits per heavy atom. The van der Waals surface area contributed by atoms with Crippen LogP contribution >= 0.6 is 0 Å². The molecular weight excluding hydrogens is 312 g/mol. The maximum absolute atomic E-state index is 12.6. The summed E-state index contributed by atoms with van der Waals surface area (Å²) >= 11 is 0. The normalized spacial score (nSPS) is 18.7. The molecule has 2 amide bonds. The number of hydrogen-bond donors (Lipinski definition) is 1. The van der Waals surface area contributed by atoms with E-state index in [0.717, 1.165) is 12.0 Å². The van der Waals surface area contributed by atoms with Crippen molar-refractivity contribution < 1.29 is 23.8 Å². The number of benzene rings is 1. The van der Waals surface area contributed by atoms with Gasteiger partial charge in [-0.2, -0.15) is 0 Å². The maximum atomic E-state index is 12.6. The molecule has 2 aliphatic heterocycles. The molecule has 7 nitrogen and oxygen atoms in total. The van der Waals surface area contributed by atoms with Gasteiger partial charge in [-0.3, -0.25) is 9.59 Å². The Kier molecular flexibility index (Phi) is 5.20. The summed E-state index contributed by atoms with van der Waals surface area (Å²) < 4.78 is 15.5. The van der Waals surface area contributed by atoms with Crippen LogP contribution in [-0.4, -0.2) is 56.4 Å². The summed E-state index contributed by atoms with van der Waals surface area (Å²) in [6, 6.07) is 5.10. The fraction of sp³-hybridized carbons (Fsp3) is 0.529. The van der Waals surface area contributed by atoms with Crippen LogP contribution in [0.3, 0.4) is 0 Å². The van der Waals surface area contributed by atoms with Gasteiger partial charge in [0, 0.05) is 20.2 Å². The SMILES string of the molecule is COCCNC(=O)[C@@H]1CCCN1C(=O)Cc1ccc2c(c1)OCO2. The van der Waals surface area contributed by atoms with E-state index in [2.05, 4.69) is 5.32 Å². The number of nitrogens with one attached hydrogen (secondary N) is 1. The van der Waals surface area contributed by atoms with Crippen molar-refractivity contribution in [2.75, 3.05) is 33.6 Å². The zero-order chi connectivity index (χ0) is 16.9. The lowest BCUT2D eigenvalue weighted by atomic mass is 10.1. The first-order chi connectivity index (χ1) is 11.7. The standard InChI is InChI=1S/C17H22N2O5/c1-22-8-6-18-17(21)13-3-2-7-19(13)16(20)10-12-4-5-14-15(9-12)24-11-23-14/h4-5,9,13H,2-3,6-8,10-11H2,1H3,(H,18,21)/t13-/m0/s1. The van der Waals surface area contributed by atoms with Gasteiger partial charge in [-0.1, -0.05) is 6.07 Å². The quantitative estimate of drug-likeness (QED) is 0.776. The van der Waals surface area contributed by atoms with Gasteiger partial charge in [0.2, 0.25) is 18.6 Å². The van der Waals surface area contributed by atoms with E-state index in [1.165, 1.54) is 0 Å². The number of methoxy groups -OCH3 is 1. The van der Waals surface area contributed by atoms with Crippen LogP contribution < -0.4 is 14.8 Å². The Morgan fingerprint density at radius 3 is 3.00 bits per heavy atom. The first-order valence-electron chi connectivity index (χ1n) is 8.13. The molecule has 0 unspecified atom stereocenters. The van der Waals surface area contributed by atoms with E-state index < -0.39 is 0 Å². The van der Waals surface area contributed by atoms with Gasteiger partial charge in [0.15, 0.2) is 11.5 Å². The third-order valence-electron chi connectivity index (χ3n) is 4.27. The van der Waals surface area contributed by atoms with Crippen molar-refractivity contribution in [2.45, 2.75) is 25.3 Å². The van der Waals surface area contributed by atoms with Gasteiger partial charge in [-0.25, -0.2) is 0 Å². The largest absolute Gasteiger partial charge is 0.454 e. The maximum Gasteiger partial charge on any atom is 0.242 e. The Balaban J connectivity index is 1.60. The molecule has 1 saturated heterocycles. The van der Waals surface area contributed by atoms with Crippen LogP contribution in [0.15, 0.2) is 18.2 Å². The van der Waals surface area contributed by atoms with Gasteiger partial charge in [-0.05, 0) is 30.5 Å². The first-order valence-corrected chi connectivity index (χ1v) is 8.13. The van der Waals surface area contributed by atoms with Crippen molar-refractivity contribution in [3.05, 3.63) is 23.8 Å². The Hall–Kier alpha value is -2.28. The number of carbonyl (C=O) groups excluding carboxylic acids is 2. The summed E-state index contributed by atoms with van der Waals surface area (Å²) in [7, 11) is 1.59. The molecule has 1 fully saturated rings. The van der Waals surface area contributed by atoms with Crippen molar-refractivity contribution >= 4 is 11.8 Å². The molecule has 7 heteroatoms. The molecule has 1 aromatic rings. The zero-order valence-electron chi connectivity index (χ0n) is 13.7. The van der Waals surface area contributed by atoms with Crippen LogP contribution in [0.2, 0.25) is 0 Å². The highest BCUT2D eigenvalue weighted by Gasteiger charge is 2.33. The summed E-state index contributed by atoms with van der Waals surface area (Å²) in [5, 5.41) is 2.81. The number of ether oxygens (including phenoxy) is 3. The Bertz CT molecular complexity index is 619. The molecule has 24 heavy (non-hydrogen) atoms. The van der Waals surface area contributed by atoms with Gasteiger partial charge >= 0.3 is 0 Å². The van der Waals surface area contributed by atoms with Crippen LogP contribution in [0.25, 0.3) is 0 Å². The predicted octanol–water partition coefficient (Wildman–Crippen LogP) is 0.711. The van der Waals surface area contributed by atoms with E-state index in [9.17, 15) is 9.59 Å². The lowest BCUT2D eigenvalue weighted by Gasteiger charge is -2.24. The van der Waals surface area contributed by atoms with E-state index >= 15 is 0 Å². The highest BCUT2D eigenvalue weighted by Crippen LogP contribution is 2.32. The second-order valence-corrected chi connectivity index (χ2v) is 5.89. The number of hydrogen-bond acceptors (Lipinski definition) is 5. The van der Waals surface area contributed by atoms with E-state index in [0.29, 0.717) is 37.6 Å². The Labute approximate surface area is 140 Å². The zero-order valence-corrected chi connectivity index (χ0v) is 13.7.